The summed E-state index contributed by atoms with van der Waals surface area (Å²) in [6.45, 7) is 43.4. The van der Waals surface area contributed by atoms with E-state index >= 15 is 8.42 Å². The van der Waals surface area contributed by atoms with Crippen LogP contribution in [0.3, 0.4) is 0 Å². The van der Waals surface area contributed by atoms with Crippen molar-refractivity contribution in [1.29, 1.82) is 0 Å². The Bertz CT molecular complexity index is 4780. The predicted molar refractivity (Wildman–Crippen MR) is 411 cm³/mol. The first kappa shape index (κ1) is 72.1. The van der Waals surface area contributed by atoms with Crippen LogP contribution in [0.1, 0.15) is 269 Å². The molecule has 3 N–H and O–H groups in total. The molecule has 2 saturated carbocycles. The van der Waals surface area contributed by atoms with Crippen LogP contribution in [0.25, 0.3) is 21.8 Å². The molecule has 11 nitrogen and oxygen atoms in total. The fraction of sp³-hybridized carbons (Fsp3) is 0.456. The number of ketones is 1. The van der Waals surface area contributed by atoms with Gasteiger partial charge < -0.3 is 29.0 Å². The normalized spacial score (nSPS) is 18.2. The fourth-order valence-electron chi connectivity index (χ4n) is 16.3. The molecule has 2 fully saturated rings. The summed E-state index contributed by atoms with van der Waals surface area (Å²) in [5.41, 5.74) is 12.9. The van der Waals surface area contributed by atoms with Crippen LogP contribution in [-0.4, -0.2) is 45.2 Å². The molecular formula is C90H106N2O9S. The minimum atomic E-state index is -4.56. The third-order valence-electron chi connectivity index (χ3n) is 23.1. The number of rotatable bonds is 4. The highest BCUT2D eigenvalue weighted by molar-refractivity contribution is 7.87. The Balaban J connectivity index is 1.15. The summed E-state index contributed by atoms with van der Waals surface area (Å²) in [7, 11) is -4.56. The lowest BCUT2D eigenvalue weighted by Gasteiger charge is -2.36. The van der Waals surface area contributed by atoms with Crippen molar-refractivity contribution in [2.45, 2.75) is 242 Å². The van der Waals surface area contributed by atoms with Gasteiger partial charge in [0.25, 0.3) is 0 Å². The molecule has 1 aliphatic heterocycles. The molecule has 0 spiro atoms. The maximum absolute atomic E-state index is 15.6. The van der Waals surface area contributed by atoms with E-state index in [9.17, 15) is 20.1 Å². The van der Waals surface area contributed by atoms with Crippen LogP contribution in [0.4, 0.5) is 0 Å². The number of aromatic hydroxyl groups is 3. The highest BCUT2D eigenvalue weighted by atomic mass is 32.2. The molecule has 0 saturated heterocycles. The van der Waals surface area contributed by atoms with E-state index in [1.165, 1.54) is 0 Å². The van der Waals surface area contributed by atoms with Gasteiger partial charge in [-0.2, -0.15) is 8.42 Å². The molecule has 3 heterocycles. The van der Waals surface area contributed by atoms with Crippen LogP contribution in [0.2, 0.25) is 0 Å². The third kappa shape index (κ3) is 13.7. The number of phenolic OH excluding ortho intramolecular Hbond substituents is 3. The average Bonchev–Trinajstić information content (AvgIpc) is 1.53. The molecule has 0 radical (unpaired) electrons. The number of ether oxygens (including phenoxy) is 2. The Morgan fingerprint density at radius 2 is 0.706 bits per heavy atom. The second kappa shape index (κ2) is 25.0. The molecular weight excluding hydrogens is 1290 g/mol. The number of benzene rings is 7. The van der Waals surface area contributed by atoms with Gasteiger partial charge in [-0.15, -0.1) is 0 Å². The van der Waals surface area contributed by atoms with Crippen molar-refractivity contribution in [2.24, 2.45) is 16.7 Å². The van der Waals surface area contributed by atoms with Crippen molar-refractivity contribution >= 4 is 37.7 Å². The quantitative estimate of drug-likeness (QED) is 0.113. The summed E-state index contributed by atoms with van der Waals surface area (Å²) in [5, 5.41) is 42.2. The molecule has 7 aromatic carbocycles. The molecule has 20 bridgehead atoms. The number of Topliss-reactive ketones (excluding diaryl/α,β-unsaturated/α-hetero) is 1. The van der Waals surface area contributed by atoms with E-state index in [0.717, 1.165) is 95.0 Å². The summed E-state index contributed by atoms with van der Waals surface area (Å²) < 4.78 is 52.8. The summed E-state index contributed by atoms with van der Waals surface area (Å²) in [4.78, 5) is 25.0. The number of hydrogen-bond acceptors (Lipinski definition) is 11. The highest BCUT2D eigenvalue weighted by Crippen LogP contribution is 2.64. The Labute approximate surface area is 606 Å². The predicted octanol–water partition coefficient (Wildman–Crippen LogP) is 20.1. The maximum Gasteiger partial charge on any atom is 0.310 e. The van der Waals surface area contributed by atoms with E-state index < -0.39 is 42.9 Å². The van der Waals surface area contributed by atoms with E-state index in [-0.39, 0.29) is 103 Å². The highest BCUT2D eigenvalue weighted by Gasteiger charge is 2.65. The van der Waals surface area contributed by atoms with Gasteiger partial charge in [-0.25, -0.2) is 9.97 Å². The lowest BCUT2D eigenvalue weighted by molar-refractivity contribution is -0.128. The molecule has 9 aromatic rings. The van der Waals surface area contributed by atoms with Gasteiger partial charge in [-0.1, -0.05) is 236 Å². The molecule has 536 valence electrons. The minimum absolute atomic E-state index is 0.0331. The number of fused-ring (bicyclic) bond motifs is 10. The first-order valence-corrected chi connectivity index (χ1v) is 38.4. The zero-order valence-electron chi connectivity index (χ0n) is 64.0. The molecule has 0 unspecified atom stereocenters. The Kier molecular flexibility index (Phi) is 17.7. The zero-order chi connectivity index (χ0) is 73.7. The van der Waals surface area contributed by atoms with Crippen molar-refractivity contribution < 1.29 is 42.2 Å². The van der Waals surface area contributed by atoms with Crippen molar-refractivity contribution in [3.8, 4) is 34.5 Å². The standard InChI is InChI=1S/C90H106N2O9S/c1-83(2,3)66-35-53-29-59-41-69(86(10,11)12)43-61-31-55-37-67(84(4,5)6)39-57(78(55)95)33-63-45-71(88(16,17)18)46-64(82(63)101-102(97,98)50-90-28-27-65(47-74(90)93)89(90,19)20)34-58-40-68(85(7,8)9)38-56(79(58)96)32-62-44-70(87(13,14)15)42-60(30-54(36-66)77(53)94)81(62)100-49-73-26-24-52-22-21-51-23-25-72(48-99-80(59)61)91-75(51)76(52)92-73/h21-26,35-46,65,94-96H,27-34,47-50H2,1-20H3/t65-,90-/m1/s1. The van der Waals surface area contributed by atoms with Gasteiger partial charge in [0.15, 0.2) is 0 Å². The Hall–Kier alpha value is -8.22. The third-order valence-corrected chi connectivity index (χ3v) is 24.4. The molecule has 4 aliphatic rings. The first-order chi connectivity index (χ1) is 47.3. The lowest BCUT2D eigenvalue weighted by Crippen LogP contribution is -2.43. The number of pyridine rings is 2. The molecule has 12 heteroatoms. The van der Waals surface area contributed by atoms with Gasteiger partial charge in [0, 0.05) is 66.8 Å². The largest absolute Gasteiger partial charge is 0.507 e. The molecule has 2 atom stereocenters. The number of carbonyl (C=O) groups is 1. The van der Waals surface area contributed by atoms with Crippen molar-refractivity contribution in [3.63, 3.8) is 0 Å². The molecule has 0 amide bonds. The van der Waals surface area contributed by atoms with Gasteiger partial charge in [0.05, 0.1) is 33.6 Å². The van der Waals surface area contributed by atoms with Crippen LogP contribution < -0.4 is 13.7 Å². The summed E-state index contributed by atoms with van der Waals surface area (Å²) in [6, 6.07) is 37.8. The van der Waals surface area contributed by atoms with Gasteiger partial charge in [-0.3, -0.25) is 4.79 Å². The van der Waals surface area contributed by atoms with Gasteiger partial charge in [-0.05, 0) is 158 Å². The number of hydrogen-bond donors (Lipinski definition) is 3. The van der Waals surface area contributed by atoms with E-state index in [1.807, 2.05) is 50.2 Å². The number of carbonyl (C=O) groups excluding carboxylic acids is 1. The Morgan fingerprint density at radius 3 is 0.980 bits per heavy atom. The lowest BCUT2D eigenvalue weighted by atomic mass is 9.70. The van der Waals surface area contributed by atoms with E-state index in [1.54, 1.807) is 0 Å². The summed E-state index contributed by atoms with van der Waals surface area (Å²) >= 11 is 0. The number of phenols is 3. The number of nitrogens with zero attached hydrogens (tertiary/aromatic N) is 2. The summed E-state index contributed by atoms with van der Waals surface area (Å²) in [5.74, 6) is 1.17. The minimum Gasteiger partial charge on any atom is -0.507 e. The smallest absolute Gasteiger partial charge is 0.310 e. The summed E-state index contributed by atoms with van der Waals surface area (Å²) in [6.07, 6.45) is 2.67. The molecule has 3 aliphatic carbocycles. The fourth-order valence-corrected chi connectivity index (χ4v) is 18.1. The maximum atomic E-state index is 15.6. The van der Waals surface area contributed by atoms with Gasteiger partial charge in [0.2, 0.25) is 0 Å². The Morgan fingerprint density at radius 1 is 0.431 bits per heavy atom. The van der Waals surface area contributed by atoms with E-state index in [2.05, 4.69) is 197 Å². The molecule has 13 rings (SSSR count). The molecule has 102 heavy (non-hydrogen) atoms. The van der Waals surface area contributed by atoms with Crippen LogP contribution in [0, 0.1) is 16.7 Å². The van der Waals surface area contributed by atoms with Crippen molar-refractivity contribution in [1.82, 2.24) is 9.97 Å². The van der Waals surface area contributed by atoms with Gasteiger partial charge in [0.1, 0.15) is 53.5 Å². The van der Waals surface area contributed by atoms with Crippen molar-refractivity contribution in [3.05, 3.63) is 221 Å². The molecule has 2 aromatic heterocycles. The van der Waals surface area contributed by atoms with E-state index in [4.69, 9.17) is 23.6 Å². The average molecular weight is 1390 g/mol. The van der Waals surface area contributed by atoms with E-state index in [0.29, 0.717) is 69.1 Å². The van der Waals surface area contributed by atoms with Crippen LogP contribution in [0.15, 0.2) is 109 Å². The van der Waals surface area contributed by atoms with Crippen LogP contribution in [0.5, 0.6) is 34.5 Å². The second-order valence-corrected chi connectivity index (χ2v) is 38.8. The number of aromatic nitrogens is 2. The topological polar surface area (TPSA) is 165 Å². The SMILES string of the molecule is CC(C)(C)c1cc2c(O)c(c1)Cc1cc(C(C)(C)C)cc3c1OCc1ccc4ccc5ccc(nc5c4n1)COc1c(cc(C(C)(C)C)cc1Cc1cc(C(C)(C)C)cc(c1O)Cc1cc(C(C)(C)C)cc(c1OS(=O)(=O)C[C@]14CC[C@H](CC1=O)C4(C)C)Cc1cc(C(C)(C)C)cc(c1O)C3)C2. The monoisotopic (exact) mass is 1390 g/mol. The first-order valence-electron chi connectivity index (χ1n) is 36.8. The second-order valence-electron chi connectivity index (χ2n) is 37.2. The zero-order valence-corrected chi connectivity index (χ0v) is 64.9. The van der Waals surface area contributed by atoms with Crippen molar-refractivity contribution in [2.75, 3.05) is 5.75 Å². The van der Waals surface area contributed by atoms with Crippen LogP contribution in [-0.2, 0) is 99.1 Å². The van der Waals surface area contributed by atoms with Gasteiger partial charge >= 0.3 is 10.1 Å². The van der Waals surface area contributed by atoms with Crippen LogP contribution >= 0.6 is 0 Å².